The lowest BCUT2D eigenvalue weighted by molar-refractivity contribution is 0.277. The Morgan fingerprint density at radius 2 is 2.11 bits per heavy atom. The minimum absolute atomic E-state index is 0.758. The Kier molecular flexibility index (Phi) is 5.65. The van der Waals surface area contributed by atoms with Gasteiger partial charge in [0.15, 0.2) is 0 Å². The number of rotatable bonds is 7. The molecule has 1 aliphatic carbocycles. The lowest BCUT2D eigenvalue weighted by atomic mass is 9.83. The van der Waals surface area contributed by atoms with Crippen molar-refractivity contribution in [2.75, 3.05) is 6.54 Å². The maximum Gasteiger partial charge on any atom is 0.0692 e. The first-order valence-corrected chi connectivity index (χ1v) is 7.46. The molecule has 1 aromatic heterocycles. The number of aryl methyl sites for hydroxylation is 1. The fraction of sp³-hybridized carbons (Fsp3) is 0.857. The molecule has 1 saturated carbocycles. The molecule has 0 bridgehead atoms. The minimum Gasteiger partial charge on any atom is -0.314 e. The van der Waals surface area contributed by atoms with Crippen molar-refractivity contribution in [3.63, 3.8) is 0 Å². The first kappa shape index (κ1) is 13.5. The van der Waals surface area contributed by atoms with Crippen LogP contribution in [-0.4, -0.2) is 27.6 Å². The van der Waals surface area contributed by atoms with E-state index in [0.717, 1.165) is 31.5 Å². The van der Waals surface area contributed by atoms with Crippen LogP contribution in [0.15, 0.2) is 12.4 Å². The molecule has 2 rings (SSSR count). The van der Waals surface area contributed by atoms with E-state index in [1.807, 2.05) is 10.9 Å². The van der Waals surface area contributed by atoms with Gasteiger partial charge in [-0.3, -0.25) is 4.68 Å². The third-order valence-corrected chi connectivity index (χ3v) is 4.01. The van der Waals surface area contributed by atoms with Gasteiger partial charge in [-0.1, -0.05) is 25.0 Å². The summed E-state index contributed by atoms with van der Waals surface area (Å²) < 4.78 is 1.90. The SMILES string of the molecule is CCCC1CCC(NCCCn2ccnn2)CC1. The molecule has 18 heavy (non-hydrogen) atoms. The Morgan fingerprint density at radius 3 is 2.78 bits per heavy atom. The zero-order valence-electron chi connectivity index (χ0n) is 11.5. The first-order chi connectivity index (χ1) is 8.88. The second-order valence-electron chi connectivity index (χ2n) is 5.48. The van der Waals surface area contributed by atoms with Gasteiger partial charge in [0.2, 0.25) is 0 Å². The van der Waals surface area contributed by atoms with Gasteiger partial charge in [0.05, 0.1) is 6.20 Å². The van der Waals surface area contributed by atoms with Crippen LogP contribution in [0, 0.1) is 5.92 Å². The van der Waals surface area contributed by atoms with Gasteiger partial charge in [-0.15, -0.1) is 5.10 Å². The van der Waals surface area contributed by atoms with Gasteiger partial charge >= 0.3 is 0 Å². The van der Waals surface area contributed by atoms with E-state index in [-0.39, 0.29) is 0 Å². The number of hydrogen-bond acceptors (Lipinski definition) is 3. The van der Waals surface area contributed by atoms with Gasteiger partial charge in [0.1, 0.15) is 0 Å². The largest absolute Gasteiger partial charge is 0.314 e. The Morgan fingerprint density at radius 1 is 1.28 bits per heavy atom. The van der Waals surface area contributed by atoms with Gasteiger partial charge in [-0.05, 0) is 44.6 Å². The van der Waals surface area contributed by atoms with Crippen LogP contribution in [-0.2, 0) is 6.54 Å². The maximum absolute atomic E-state index is 3.97. The van der Waals surface area contributed by atoms with E-state index < -0.39 is 0 Å². The van der Waals surface area contributed by atoms with Crippen LogP contribution in [0.4, 0.5) is 0 Å². The Hall–Kier alpha value is -0.900. The van der Waals surface area contributed by atoms with Crippen molar-refractivity contribution in [2.45, 2.75) is 64.5 Å². The highest BCUT2D eigenvalue weighted by molar-refractivity contribution is 4.77. The molecule has 1 N–H and O–H groups in total. The van der Waals surface area contributed by atoms with Gasteiger partial charge < -0.3 is 5.32 Å². The van der Waals surface area contributed by atoms with E-state index in [1.165, 1.54) is 38.5 Å². The van der Waals surface area contributed by atoms with Crippen molar-refractivity contribution in [3.8, 4) is 0 Å². The summed E-state index contributed by atoms with van der Waals surface area (Å²) in [6, 6.07) is 0.758. The average molecular weight is 250 g/mol. The van der Waals surface area contributed by atoms with E-state index in [0.29, 0.717) is 0 Å². The molecule has 1 aliphatic rings. The van der Waals surface area contributed by atoms with E-state index in [4.69, 9.17) is 0 Å². The summed E-state index contributed by atoms with van der Waals surface area (Å²) in [5, 5.41) is 11.5. The normalized spacial score (nSPS) is 24.3. The molecular weight excluding hydrogens is 224 g/mol. The fourth-order valence-electron chi connectivity index (χ4n) is 2.96. The second kappa shape index (κ2) is 7.52. The molecule has 0 unspecified atom stereocenters. The third-order valence-electron chi connectivity index (χ3n) is 4.01. The molecule has 4 heteroatoms. The Labute approximate surface area is 110 Å². The second-order valence-corrected chi connectivity index (χ2v) is 5.48. The topological polar surface area (TPSA) is 42.7 Å². The first-order valence-electron chi connectivity index (χ1n) is 7.46. The van der Waals surface area contributed by atoms with Crippen LogP contribution in [0.5, 0.6) is 0 Å². The minimum atomic E-state index is 0.758. The van der Waals surface area contributed by atoms with Gasteiger partial charge in [0, 0.05) is 18.8 Å². The monoisotopic (exact) mass is 250 g/mol. The summed E-state index contributed by atoms with van der Waals surface area (Å²) in [5.41, 5.74) is 0. The summed E-state index contributed by atoms with van der Waals surface area (Å²) in [7, 11) is 0. The molecule has 0 atom stereocenters. The summed E-state index contributed by atoms with van der Waals surface area (Å²) >= 11 is 0. The number of aromatic nitrogens is 3. The fourth-order valence-corrected chi connectivity index (χ4v) is 2.96. The highest BCUT2D eigenvalue weighted by Gasteiger charge is 2.19. The molecule has 0 aromatic carbocycles. The van der Waals surface area contributed by atoms with Gasteiger partial charge in [-0.25, -0.2) is 0 Å². The number of nitrogens with zero attached hydrogens (tertiary/aromatic N) is 3. The zero-order valence-corrected chi connectivity index (χ0v) is 11.5. The summed E-state index contributed by atoms with van der Waals surface area (Å²) in [6.07, 6.45) is 13.2. The standard InChI is InChI=1S/C14H26N4/c1-2-4-13-5-7-14(8-6-13)15-9-3-11-18-12-10-16-17-18/h10,12-15H,2-9,11H2,1H3. The van der Waals surface area contributed by atoms with Gasteiger partial charge in [-0.2, -0.15) is 0 Å². The molecule has 4 nitrogen and oxygen atoms in total. The van der Waals surface area contributed by atoms with Crippen molar-refractivity contribution in [1.82, 2.24) is 20.3 Å². The van der Waals surface area contributed by atoms with E-state index in [2.05, 4.69) is 22.6 Å². The van der Waals surface area contributed by atoms with Crippen molar-refractivity contribution in [1.29, 1.82) is 0 Å². The van der Waals surface area contributed by atoms with Crippen molar-refractivity contribution in [2.24, 2.45) is 5.92 Å². The van der Waals surface area contributed by atoms with Crippen LogP contribution < -0.4 is 5.32 Å². The highest BCUT2D eigenvalue weighted by atomic mass is 15.4. The molecule has 1 fully saturated rings. The van der Waals surface area contributed by atoms with E-state index in [9.17, 15) is 0 Å². The smallest absolute Gasteiger partial charge is 0.0692 e. The quantitative estimate of drug-likeness (QED) is 0.756. The third kappa shape index (κ3) is 4.41. The summed E-state index contributed by atoms with van der Waals surface area (Å²) in [6.45, 7) is 4.37. The number of nitrogens with one attached hydrogen (secondary N) is 1. The van der Waals surface area contributed by atoms with Crippen LogP contribution in [0.25, 0.3) is 0 Å². The van der Waals surface area contributed by atoms with Crippen molar-refractivity contribution >= 4 is 0 Å². The molecule has 0 radical (unpaired) electrons. The summed E-state index contributed by atoms with van der Waals surface area (Å²) in [5.74, 6) is 1.00. The van der Waals surface area contributed by atoms with Crippen LogP contribution in [0.2, 0.25) is 0 Å². The van der Waals surface area contributed by atoms with Crippen LogP contribution >= 0.6 is 0 Å². The molecule has 0 saturated heterocycles. The molecule has 0 amide bonds. The van der Waals surface area contributed by atoms with E-state index >= 15 is 0 Å². The van der Waals surface area contributed by atoms with Gasteiger partial charge in [0.25, 0.3) is 0 Å². The zero-order chi connectivity index (χ0) is 12.6. The molecule has 102 valence electrons. The van der Waals surface area contributed by atoms with Crippen molar-refractivity contribution in [3.05, 3.63) is 12.4 Å². The molecule has 1 heterocycles. The lowest BCUT2D eigenvalue weighted by Gasteiger charge is -2.29. The molecular formula is C14H26N4. The lowest BCUT2D eigenvalue weighted by Crippen LogP contribution is -2.34. The maximum atomic E-state index is 3.97. The van der Waals surface area contributed by atoms with Crippen molar-refractivity contribution < 1.29 is 0 Å². The molecule has 1 aromatic rings. The number of hydrogen-bond donors (Lipinski definition) is 1. The molecule has 0 aliphatic heterocycles. The highest BCUT2D eigenvalue weighted by Crippen LogP contribution is 2.27. The Balaban J connectivity index is 1.53. The van der Waals surface area contributed by atoms with E-state index in [1.54, 1.807) is 6.20 Å². The molecule has 0 spiro atoms. The van der Waals surface area contributed by atoms with Crippen LogP contribution in [0.1, 0.15) is 51.9 Å². The predicted octanol–water partition coefficient (Wildman–Crippen LogP) is 2.62. The summed E-state index contributed by atoms with van der Waals surface area (Å²) in [4.78, 5) is 0. The predicted molar refractivity (Wildman–Crippen MR) is 73.3 cm³/mol. The Bertz CT molecular complexity index is 302. The van der Waals surface area contributed by atoms with Crippen LogP contribution in [0.3, 0.4) is 0 Å². The average Bonchev–Trinajstić information content (AvgIpc) is 2.90.